The number of carbonyl (C=O) groups excluding carboxylic acids is 2. The Morgan fingerprint density at radius 2 is 1.72 bits per heavy atom. The number of esters is 1. The van der Waals surface area contributed by atoms with Crippen LogP contribution >= 0.6 is 0 Å². The van der Waals surface area contributed by atoms with Gasteiger partial charge in [0.05, 0.1) is 0 Å². The number of rotatable bonds is 12. The van der Waals surface area contributed by atoms with Gasteiger partial charge in [-0.05, 0) is 117 Å². The molecule has 1 spiro atoms. The monoisotopic (exact) mass is 644 g/mol. The third-order valence-corrected chi connectivity index (χ3v) is 10.7. The van der Waals surface area contributed by atoms with Crippen LogP contribution in [0, 0.1) is 22.2 Å². The van der Waals surface area contributed by atoms with Gasteiger partial charge in [0, 0.05) is 35.5 Å². The summed E-state index contributed by atoms with van der Waals surface area (Å²) in [4.78, 5) is 36.4. The second kappa shape index (κ2) is 14.0. The van der Waals surface area contributed by atoms with Crippen LogP contribution in [0.2, 0.25) is 0 Å². The van der Waals surface area contributed by atoms with Gasteiger partial charge < -0.3 is 14.6 Å². The van der Waals surface area contributed by atoms with Gasteiger partial charge >= 0.3 is 11.9 Å². The fourth-order valence-corrected chi connectivity index (χ4v) is 8.45. The maximum atomic E-state index is 13.3. The van der Waals surface area contributed by atoms with E-state index >= 15 is 0 Å². The van der Waals surface area contributed by atoms with Gasteiger partial charge in [0.2, 0.25) is 5.78 Å². The normalized spacial score (nSPS) is 30.6. The number of carboxylic acid groups (broad SMARTS) is 1. The largest absolute Gasteiger partial charge is 0.483 e. The summed E-state index contributed by atoms with van der Waals surface area (Å²) in [6.07, 6.45) is 23.6. The number of allylic oxidation sites excluding steroid dienone is 9. The van der Waals surface area contributed by atoms with E-state index in [1.54, 1.807) is 12.2 Å². The van der Waals surface area contributed by atoms with Crippen molar-refractivity contribution >= 4 is 17.7 Å². The molecule has 0 amide bonds. The van der Waals surface area contributed by atoms with E-state index in [0.29, 0.717) is 0 Å². The zero-order valence-corrected chi connectivity index (χ0v) is 30.1. The molecule has 2 heterocycles. The predicted octanol–water partition coefficient (Wildman–Crippen LogP) is 9.70. The lowest BCUT2D eigenvalue weighted by atomic mass is 9.49. The van der Waals surface area contributed by atoms with Gasteiger partial charge in [0.15, 0.2) is 5.60 Å². The summed E-state index contributed by atoms with van der Waals surface area (Å²) in [6.45, 7) is 18.7. The van der Waals surface area contributed by atoms with E-state index in [9.17, 15) is 14.4 Å². The molecule has 6 heteroatoms. The second-order valence-corrected chi connectivity index (χ2v) is 16.0. The minimum atomic E-state index is -0.902. The molecule has 1 N–H and O–H groups in total. The first kappa shape index (κ1) is 36.4. The molecule has 0 aromatic heterocycles. The van der Waals surface area contributed by atoms with Crippen LogP contribution in [0.5, 0.6) is 0 Å². The van der Waals surface area contributed by atoms with Gasteiger partial charge in [-0.25, -0.2) is 9.59 Å². The zero-order chi connectivity index (χ0) is 34.8. The van der Waals surface area contributed by atoms with Crippen molar-refractivity contribution in [1.82, 2.24) is 0 Å². The molecule has 0 radical (unpaired) electrons. The summed E-state index contributed by atoms with van der Waals surface area (Å²) in [5, 5.41) is 9.06. The van der Waals surface area contributed by atoms with Crippen LogP contribution in [-0.2, 0) is 23.9 Å². The average Bonchev–Trinajstić information content (AvgIpc) is 3.40. The number of ketones is 1. The van der Waals surface area contributed by atoms with Gasteiger partial charge in [0.25, 0.3) is 0 Å². The first-order chi connectivity index (χ1) is 21.9. The fourth-order valence-electron chi connectivity index (χ4n) is 8.45. The van der Waals surface area contributed by atoms with Crippen molar-refractivity contribution in [3.8, 4) is 0 Å². The van der Waals surface area contributed by atoms with Crippen molar-refractivity contribution in [2.24, 2.45) is 22.2 Å². The maximum Gasteiger partial charge on any atom is 0.331 e. The van der Waals surface area contributed by atoms with Crippen LogP contribution in [0.3, 0.4) is 0 Å². The molecule has 2 aliphatic heterocycles. The minimum Gasteiger partial charge on any atom is -0.483 e. The predicted molar refractivity (Wildman–Crippen MR) is 187 cm³/mol. The van der Waals surface area contributed by atoms with E-state index in [0.717, 1.165) is 74.7 Å². The van der Waals surface area contributed by atoms with Gasteiger partial charge in [-0.15, -0.1) is 0 Å². The zero-order valence-electron chi connectivity index (χ0n) is 30.1. The first-order valence-corrected chi connectivity index (χ1v) is 17.3. The standard InChI is InChI=1S/C41H56O6/c1-27(12-10-13-29(3)21-36(43)44)18-32-23-31(5)41(17-16-38(6,7)26-41)40(25-32,35-24-34(42)39(8,9)47-35)15-11-14-28(2)19-33-20-30(4)22-37(45)46-33/h12,16-17,19,21-24,32-33H,10-11,13-15,18,20,25-26H2,1-9H3,(H,43,44)/b27-12+,28-19+,29-21+/t32-,33+,40+,41-/m0/s1. The maximum absolute atomic E-state index is 13.3. The SMILES string of the molecule is CC1=CC(=O)O[C@H](/C=C(\C)CCC[C@]2(C3=CC(=O)C(C)(C)O3)C[C@@H](C/C(C)=C/CC/C(C)=C/C(=O)O)C=C(C)[C@@]23C=CC(C)(C)C3)C1. The first-order valence-electron chi connectivity index (χ1n) is 17.3. The number of ether oxygens (including phenoxy) is 2. The van der Waals surface area contributed by atoms with Crippen LogP contribution in [0.15, 0.2) is 82.2 Å². The molecule has 0 saturated carbocycles. The molecule has 6 nitrogen and oxygen atoms in total. The molecule has 256 valence electrons. The highest BCUT2D eigenvalue weighted by molar-refractivity contribution is 5.99. The molecule has 0 bridgehead atoms. The second-order valence-electron chi connectivity index (χ2n) is 16.0. The Labute approximate surface area is 282 Å². The summed E-state index contributed by atoms with van der Waals surface area (Å²) in [6, 6.07) is 0. The van der Waals surface area contributed by atoms with Crippen LogP contribution in [0.1, 0.15) is 120 Å². The Morgan fingerprint density at radius 1 is 1.00 bits per heavy atom. The van der Waals surface area contributed by atoms with Crippen molar-refractivity contribution in [3.63, 3.8) is 0 Å². The Bertz CT molecular complexity index is 1490. The Morgan fingerprint density at radius 3 is 2.32 bits per heavy atom. The topological polar surface area (TPSA) is 89.9 Å². The summed E-state index contributed by atoms with van der Waals surface area (Å²) in [5.74, 6) is -0.0657. The summed E-state index contributed by atoms with van der Waals surface area (Å²) in [5.41, 5.74) is 4.18. The molecular formula is C41H56O6. The van der Waals surface area contributed by atoms with E-state index in [4.69, 9.17) is 14.6 Å². The van der Waals surface area contributed by atoms with E-state index in [1.807, 2.05) is 27.7 Å². The quantitative estimate of drug-likeness (QED) is 0.129. The molecule has 4 atom stereocenters. The van der Waals surface area contributed by atoms with E-state index in [1.165, 1.54) is 22.8 Å². The highest BCUT2D eigenvalue weighted by atomic mass is 16.5. The Balaban J connectivity index is 1.66. The summed E-state index contributed by atoms with van der Waals surface area (Å²) >= 11 is 0. The number of cyclic esters (lactones) is 1. The smallest absolute Gasteiger partial charge is 0.331 e. The number of hydrogen-bond acceptors (Lipinski definition) is 5. The highest BCUT2D eigenvalue weighted by Gasteiger charge is 2.61. The van der Waals surface area contributed by atoms with Crippen LogP contribution in [0.25, 0.3) is 0 Å². The molecule has 4 aliphatic rings. The molecule has 0 aromatic carbocycles. The molecular weight excluding hydrogens is 588 g/mol. The number of aliphatic carboxylic acids is 1. The van der Waals surface area contributed by atoms with Crippen molar-refractivity contribution < 1.29 is 29.0 Å². The summed E-state index contributed by atoms with van der Waals surface area (Å²) in [7, 11) is 0. The Hall–Kier alpha value is -3.41. The van der Waals surface area contributed by atoms with Crippen molar-refractivity contribution in [2.75, 3.05) is 0 Å². The lowest BCUT2D eigenvalue weighted by Crippen LogP contribution is -2.48. The van der Waals surface area contributed by atoms with Gasteiger partial charge in [-0.3, -0.25) is 4.79 Å². The van der Waals surface area contributed by atoms with Crippen molar-refractivity contribution in [2.45, 2.75) is 132 Å². The van der Waals surface area contributed by atoms with Crippen LogP contribution < -0.4 is 0 Å². The van der Waals surface area contributed by atoms with Crippen LogP contribution in [0.4, 0.5) is 0 Å². The van der Waals surface area contributed by atoms with Crippen molar-refractivity contribution in [3.05, 3.63) is 82.2 Å². The minimum absolute atomic E-state index is 0.00901. The third kappa shape index (κ3) is 8.36. The van der Waals surface area contributed by atoms with Gasteiger partial charge in [-0.2, -0.15) is 0 Å². The fraction of sp³-hybridized carbons (Fsp3) is 0.585. The molecule has 47 heavy (non-hydrogen) atoms. The van der Waals surface area contributed by atoms with E-state index in [-0.39, 0.29) is 34.6 Å². The highest BCUT2D eigenvalue weighted by Crippen LogP contribution is 2.68. The lowest BCUT2D eigenvalue weighted by molar-refractivity contribution is -0.142. The van der Waals surface area contributed by atoms with E-state index in [2.05, 4.69) is 65.0 Å². The van der Waals surface area contributed by atoms with Crippen molar-refractivity contribution in [1.29, 1.82) is 0 Å². The summed E-state index contributed by atoms with van der Waals surface area (Å²) < 4.78 is 12.3. The average molecular weight is 645 g/mol. The van der Waals surface area contributed by atoms with Gasteiger partial charge in [-0.1, -0.05) is 66.0 Å². The molecule has 0 saturated heterocycles. The lowest BCUT2D eigenvalue weighted by Gasteiger charge is -2.55. The molecule has 2 aliphatic carbocycles. The number of carboxylic acids is 1. The number of hydrogen-bond donors (Lipinski definition) is 1. The molecule has 4 rings (SSSR count). The molecule has 0 unspecified atom stereocenters. The van der Waals surface area contributed by atoms with Crippen LogP contribution in [-0.4, -0.2) is 34.5 Å². The third-order valence-electron chi connectivity index (χ3n) is 10.7. The Kier molecular flexibility index (Phi) is 10.8. The molecule has 0 fully saturated rings. The van der Waals surface area contributed by atoms with E-state index < -0.39 is 17.0 Å². The number of carbonyl (C=O) groups is 3. The molecule has 0 aromatic rings. The van der Waals surface area contributed by atoms with Gasteiger partial charge in [0.1, 0.15) is 11.9 Å².